The van der Waals surface area contributed by atoms with E-state index in [1.54, 1.807) is 0 Å². The van der Waals surface area contributed by atoms with Crippen LogP contribution in [0.4, 0.5) is 4.39 Å². The molecule has 2 aromatic carbocycles. The van der Waals surface area contributed by atoms with Crippen LogP contribution in [0.5, 0.6) is 0 Å². The van der Waals surface area contributed by atoms with E-state index in [0.717, 1.165) is 5.56 Å². The van der Waals surface area contributed by atoms with Crippen molar-refractivity contribution in [1.82, 2.24) is 0 Å². The monoisotopic (exact) mass is 336 g/mol. The maximum absolute atomic E-state index is 13.3. The Labute approximate surface area is 127 Å². The van der Waals surface area contributed by atoms with Crippen molar-refractivity contribution in [2.45, 2.75) is 31.8 Å². The second kappa shape index (κ2) is 7.00. The summed E-state index contributed by atoms with van der Waals surface area (Å²) in [5, 5.41) is 10.2. The molecule has 0 saturated heterocycles. The second-order valence-corrected chi connectivity index (χ2v) is 6.10. The quantitative estimate of drug-likeness (QED) is 0.840. The average Bonchev–Trinajstić information content (AvgIpc) is 2.38. The minimum atomic E-state index is -0.473. The van der Waals surface area contributed by atoms with Crippen LogP contribution in [-0.2, 0) is 6.42 Å². The van der Waals surface area contributed by atoms with E-state index >= 15 is 0 Å². The van der Waals surface area contributed by atoms with Crippen LogP contribution in [0.25, 0.3) is 0 Å². The molecule has 20 heavy (non-hydrogen) atoms. The highest BCUT2D eigenvalue weighted by Crippen LogP contribution is 2.23. The van der Waals surface area contributed by atoms with Crippen LogP contribution in [0.15, 0.2) is 53.0 Å². The summed E-state index contributed by atoms with van der Waals surface area (Å²) in [6.07, 6.45) is 0.657. The van der Waals surface area contributed by atoms with Crippen molar-refractivity contribution < 1.29 is 9.50 Å². The Morgan fingerprint density at radius 3 is 2.50 bits per heavy atom. The predicted octanol–water partition coefficient (Wildman–Crippen LogP) is 4.69. The molecule has 0 spiro atoms. The third-order valence-electron chi connectivity index (χ3n) is 3.39. The van der Waals surface area contributed by atoms with Crippen molar-refractivity contribution in [2.75, 3.05) is 0 Å². The van der Waals surface area contributed by atoms with Gasteiger partial charge in [-0.15, -0.1) is 0 Å². The molecule has 0 saturated carbocycles. The molecule has 0 radical (unpaired) electrons. The van der Waals surface area contributed by atoms with Gasteiger partial charge in [0.25, 0.3) is 0 Å². The van der Waals surface area contributed by atoms with E-state index in [9.17, 15) is 9.50 Å². The molecule has 106 valence electrons. The first-order valence-corrected chi connectivity index (χ1v) is 7.52. The van der Waals surface area contributed by atoms with Crippen molar-refractivity contribution in [3.63, 3.8) is 0 Å². The molecule has 0 aliphatic rings. The van der Waals surface area contributed by atoms with Gasteiger partial charge >= 0.3 is 0 Å². The van der Waals surface area contributed by atoms with Crippen LogP contribution in [0, 0.1) is 5.82 Å². The van der Waals surface area contributed by atoms with E-state index in [4.69, 9.17) is 0 Å². The van der Waals surface area contributed by atoms with Gasteiger partial charge in [-0.05, 0) is 48.1 Å². The fourth-order valence-electron chi connectivity index (χ4n) is 2.41. The van der Waals surface area contributed by atoms with Crippen LogP contribution < -0.4 is 0 Å². The Morgan fingerprint density at radius 1 is 1.15 bits per heavy atom. The third kappa shape index (κ3) is 4.43. The van der Waals surface area contributed by atoms with Gasteiger partial charge in [0, 0.05) is 4.47 Å². The zero-order chi connectivity index (χ0) is 14.5. The lowest BCUT2D eigenvalue weighted by atomic mass is 9.92. The molecule has 0 aromatic heterocycles. The Balaban J connectivity index is 1.97. The van der Waals surface area contributed by atoms with E-state index in [2.05, 4.69) is 35.0 Å². The van der Waals surface area contributed by atoms with Crippen molar-refractivity contribution in [1.29, 1.82) is 0 Å². The van der Waals surface area contributed by atoms with Gasteiger partial charge < -0.3 is 5.11 Å². The lowest BCUT2D eigenvalue weighted by molar-refractivity contribution is 0.157. The Hall–Kier alpha value is -1.19. The van der Waals surface area contributed by atoms with Gasteiger partial charge in [0.15, 0.2) is 0 Å². The lowest BCUT2D eigenvalue weighted by Gasteiger charge is -2.17. The Bertz CT molecular complexity index is 536. The van der Waals surface area contributed by atoms with E-state index in [0.29, 0.717) is 17.3 Å². The highest BCUT2D eigenvalue weighted by molar-refractivity contribution is 9.10. The van der Waals surface area contributed by atoms with Crippen molar-refractivity contribution in [3.8, 4) is 0 Å². The Kier molecular flexibility index (Phi) is 5.32. The second-order valence-electron chi connectivity index (χ2n) is 5.18. The number of halogens is 2. The number of rotatable bonds is 5. The van der Waals surface area contributed by atoms with Crippen LogP contribution in [0.2, 0.25) is 0 Å². The number of aliphatic hydroxyl groups excluding tert-OH is 1. The largest absolute Gasteiger partial charge is 0.393 e. The van der Waals surface area contributed by atoms with Crippen molar-refractivity contribution >= 4 is 15.9 Å². The summed E-state index contributed by atoms with van der Waals surface area (Å²) in [5.41, 5.74) is 2.02. The Morgan fingerprint density at radius 2 is 1.85 bits per heavy atom. The number of hydrogen-bond acceptors (Lipinski definition) is 1. The summed E-state index contributed by atoms with van der Waals surface area (Å²) >= 11 is 3.27. The highest BCUT2D eigenvalue weighted by atomic mass is 79.9. The number of benzene rings is 2. The minimum Gasteiger partial charge on any atom is -0.393 e. The molecule has 2 atom stereocenters. The molecular weight excluding hydrogens is 319 g/mol. The minimum absolute atomic E-state index is 0.280. The fraction of sp³-hybridized carbons (Fsp3) is 0.294. The molecule has 3 heteroatoms. The first-order valence-electron chi connectivity index (χ1n) is 6.72. The van der Waals surface area contributed by atoms with Gasteiger partial charge in [-0.3, -0.25) is 0 Å². The first kappa shape index (κ1) is 15.2. The molecule has 0 aliphatic heterocycles. The summed E-state index contributed by atoms with van der Waals surface area (Å²) < 4.78 is 14.0. The van der Waals surface area contributed by atoms with E-state index in [-0.39, 0.29) is 11.7 Å². The molecule has 0 amide bonds. The zero-order valence-corrected chi connectivity index (χ0v) is 13.0. The van der Waals surface area contributed by atoms with E-state index in [1.165, 1.54) is 17.7 Å². The molecule has 0 fully saturated rings. The summed E-state index contributed by atoms with van der Waals surface area (Å²) in [7, 11) is 0. The first-order chi connectivity index (χ1) is 9.54. The topological polar surface area (TPSA) is 20.2 Å². The van der Waals surface area contributed by atoms with Gasteiger partial charge in [0.2, 0.25) is 0 Å². The maximum atomic E-state index is 13.3. The molecule has 2 rings (SSSR count). The van der Waals surface area contributed by atoms with Gasteiger partial charge in [0.1, 0.15) is 5.82 Å². The van der Waals surface area contributed by atoms with Gasteiger partial charge in [0.05, 0.1) is 6.10 Å². The van der Waals surface area contributed by atoms with Crippen LogP contribution in [-0.4, -0.2) is 11.2 Å². The van der Waals surface area contributed by atoms with Crippen LogP contribution in [0.1, 0.15) is 30.4 Å². The van der Waals surface area contributed by atoms with E-state index < -0.39 is 6.10 Å². The van der Waals surface area contributed by atoms with Crippen molar-refractivity contribution in [2.24, 2.45) is 0 Å². The van der Waals surface area contributed by atoms with E-state index in [1.807, 2.05) is 24.3 Å². The smallest absolute Gasteiger partial charge is 0.124 e. The standard InChI is InChI=1S/C17H18BrFO/c1-12(14-5-3-2-4-6-14)7-17(20)10-13-8-15(18)11-16(19)9-13/h2-6,8-9,11-12,17,20H,7,10H2,1H3. The summed E-state index contributed by atoms with van der Waals surface area (Å²) in [6.45, 7) is 2.10. The molecule has 1 N–H and O–H groups in total. The maximum Gasteiger partial charge on any atom is 0.124 e. The van der Waals surface area contributed by atoms with Crippen LogP contribution in [0.3, 0.4) is 0 Å². The molecule has 0 heterocycles. The molecule has 0 bridgehead atoms. The third-order valence-corrected chi connectivity index (χ3v) is 3.85. The molecule has 2 aromatic rings. The number of aliphatic hydroxyl groups is 1. The molecule has 0 aliphatic carbocycles. The lowest BCUT2D eigenvalue weighted by Crippen LogP contribution is -2.14. The summed E-state index contributed by atoms with van der Waals surface area (Å²) in [5.74, 6) is 0.000817. The summed E-state index contributed by atoms with van der Waals surface area (Å²) in [6, 6.07) is 14.9. The number of hydrogen-bond donors (Lipinski definition) is 1. The summed E-state index contributed by atoms with van der Waals surface area (Å²) in [4.78, 5) is 0. The van der Waals surface area contributed by atoms with Crippen LogP contribution >= 0.6 is 15.9 Å². The van der Waals surface area contributed by atoms with Gasteiger partial charge in [-0.1, -0.05) is 53.2 Å². The molecule has 2 unspecified atom stereocenters. The molecular formula is C17H18BrFO. The average molecular weight is 337 g/mol. The van der Waals surface area contributed by atoms with Crippen molar-refractivity contribution in [3.05, 3.63) is 69.9 Å². The SMILES string of the molecule is CC(CC(O)Cc1cc(F)cc(Br)c1)c1ccccc1. The molecule has 1 nitrogen and oxygen atoms in total. The zero-order valence-electron chi connectivity index (χ0n) is 11.4. The normalized spacial score (nSPS) is 14.0. The fourth-order valence-corrected chi connectivity index (χ4v) is 2.92. The predicted molar refractivity (Wildman–Crippen MR) is 83.3 cm³/mol. The van der Waals surface area contributed by atoms with Gasteiger partial charge in [-0.25, -0.2) is 4.39 Å². The highest BCUT2D eigenvalue weighted by Gasteiger charge is 2.13. The van der Waals surface area contributed by atoms with Gasteiger partial charge in [-0.2, -0.15) is 0 Å².